The lowest BCUT2D eigenvalue weighted by atomic mass is 10.1. The highest BCUT2D eigenvalue weighted by atomic mass is 32.2. The number of nitrogens with one attached hydrogen (secondary N) is 1. The molecule has 1 rings (SSSR count). The molecule has 4 N–H and O–H groups in total. The first-order valence-corrected chi connectivity index (χ1v) is 5.95. The summed E-state index contributed by atoms with van der Waals surface area (Å²) in [5.41, 5.74) is 5.22. The van der Waals surface area contributed by atoms with E-state index in [0.29, 0.717) is 23.9 Å². The van der Waals surface area contributed by atoms with Crippen LogP contribution in [0, 0.1) is 0 Å². The molecule has 6 heteroatoms. The Bertz CT molecular complexity index is 301. The number of aliphatic hydroxyl groups is 1. The van der Waals surface area contributed by atoms with Crippen molar-refractivity contribution in [2.45, 2.75) is 12.5 Å². The zero-order valence-corrected chi connectivity index (χ0v) is 9.71. The van der Waals surface area contributed by atoms with Crippen LogP contribution >= 0.6 is 11.8 Å². The van der Waals surface area contributed by atoms with Crippen LogP contribution in [0.4, 0.5) is 11.6 Å². The molecule has 0 bridgehead atoms. The molecular weight excluding hydrogens is 212 g/mol. The van der Waals surface area contributed by atoms with Crippen LogP contribution < -0.4 is 11.1 Å². The van der Waals surface area contributed by atoms with E-state index >= 15 is 0 Å². The number of nitrogens with zero attached hydrogens (tertiary/aromatic N) is 2. The Morgan fingerprint density at radius 3 is 2.67 bits per heavy atom. The summed E-state index contributed by atoms with van der Waals surface area (Å²) < 4.78 is 0. The number of anilines is 2. The van der Waals surface area contributed by atoms with E-state index < -0.39 is 5.60 Å². The van der Waals surface area contributed by atoms with Gasteiger partial charge in [0.25, 0.3) is 0 Å². The van der Waals surface area contributed by atoms with Crippen molar-refractivity contribution < 1.29 is 5.11 Å². The smallest absolute Gasteiger partial charge is 0.222 e. The zero-order chi connectivity index (χ0) is 11.3. The molecule has 0 fully saturated rings. The Morgan fingerprint density at radius 1 is 1.53 bits per heavy atom. The van der Waals surface area contributed by atoms with E-state index in [-0.39, 0.29) is 0 Å². The number of hydrogen-bond acceptors (Lipinski definition) is 6. The van der Waals surface area contributed by atoms with Crippen LogP contribution in [0.25, 0.3) is 0 Å². The van der Waals surface area contributed by atoms with Crippen LogP contribution in [0.15, 0.2) is 12.4 Å². The molecule has 0 saturated heterocycles. The number of nitrogen functional groups attached to an aromatic ring is 1. The third-order valence-corrected chi connectivity index (χ3v) is 2.67. The summed E-state index contributed by atoms with van der Waals surface area (Å²) in [6, 6.07) is 0. The molecule has 0 aliphatic rings. The molecular formula is C9H16N4OS. The molecule has 0 radical (unpaired) electrons. The highest BCUT2D eigenvalue weighted by Crippen LogP contribution is 2.11. The second kappa shape index (κ2) is 5.18. The molecule has 1 unspecified atom stereocenters. The lowest BCUT2D eigenvalue weighted by Gasteiger charge is -2.22. The summed E-state index contributed by atoms with van der Waals surface area (Å²) in [4.78, 5) is 7.95. The van der Waals surface area contributed by atoms with Gasteiger partial charge in [0, 0.05) is 12.3 Å². The summed E-state index contributed by atoms with van der Waals surface area (Å²) in [7, 11) is 0. The van der Waals surface area contributed by atoms with E-state index in [0.717, 1.165) is 0 Å². The molecule has 1 heterocycles. The molecule has 84 valence electrons. The fourth-order valence-corrected chi connectivity index (χ4v) is 1.78. The van der Waals surface area contributed by atoms with Gasteiger partial charge < -0.3 is 16.2 Å². The van der Waals surface area contributed by atoms with E-state index in [1.54, 1.807) is 18.7 Å². The lowest BCUT2D eigenvalue weighted by molar-refractivity contribution is 0.0995. The summed E-state index contributed by atoms with van der Waals surface area (Å²) in [6.45, 7) is 2.19. The highest BCUT2D eigenvalue weighted by molar-refractivity contribution is 7.98. The lowest BCUT2D eigenvalue weighted by Crippen LogP contribution is -2.36. The third-order valence-electron chi connectivity index (χ3n) is 1.75. The minimum Gasteiger partial charge on any atom is -0.396 e. The van der Waals surface area contributed by atoms with Crippen molar-refractivity contribution in [1.29, 1.82) is 0 Å². The standard InChI is InChI=1S/C9H16N4OS/c1-9(14,6-15-2)5-13-8-11-3-7(10)4-12-8/h3-4,14H,5-6,10H2,1-2H3,(H,11,12,13). The van der Waals surface area contributed by atoms with E-state index in [9.17, 15) is 5.11 Å². The predicted molar refractivity (Wildman–Crippen MR) is 63.9 cm³/mol. The number of nitrogens with two attached hydrogens (primary N) is 1. The minimum absolute atomic E-state index is 0.414. The van der Waals surface area contributed by atoms with Gasteiger partial charge in [-0.05, 0) is 13.2 Å². The van der Waals surface area contributed by atoms with Gasteiger partial charge in [-0.15, -0.1) is 0 Å². The molecule has 0 aliphatic carbocycles. The number of thioether (sulfide) groups is 1. The molecule has 1 atom stereocenters. The molecule has 0 spiro atoms. The first kappa shape index (κ1) is 12.1. The monoisotopic (exact) mass is 228 g/mol. The molecule has 1 aromatic rings. The van der Waals surface area contributed by atoms with Crippen LogP contribution in [-0.4, -0.2) is 39.2 Å². The zero-order valence-electron chi connectivity index (χ0n) is 8.90. The van der Waals surface area contributed by atoms with Crippen LogP contribution in [0.5, 0.6) is 0 Å². The summed E-state index contributed by atoms with van der Waals surface area (Å²) >= 11 is 1.60. The van der Waals surface area contributed by atoms with Gasteiger partial charge in [0.2, 0.25) is 5.95 Å². The van der Waals surface area contributed by atoms with Gasteiger partial charge >= 0.3 is 0 Å². The van der Waals surface area contributed by atoms with Gasteiger partial charge in [0.1, 0.15) is 0 Å². The third kappa shape index (κ3) is 4.35. The van der Waals surface area contributed by atoms with Crippen LogP contribution in [0.3, 0.4) is 0 Å². The fraction of sp³-hybridized carbons (Fsp3) is 0.556. The maximum Gasteiger partial charge on any atom is 0.222 e. The van der Waals surface area contributed by atoms with Gasteiger partial charge in [-0.25, -0.2) is 9.97 Å². The molecule has 0 aliphatic heterocycles. The molecule has 1 aromatic heterocycles. The molecule has 0 saturated carbocycles. The van der Waals surface area contributed by atoms with Gasteiger partial charge in [-0.1, -0.05) is 0 Å². The highest BCUT2D eigenvalue weighted by Gasteiger charge is 2.19. The average molecular weight is 228 g/mol. The van der Waals surface area contributed by atoms with E-state index in [4.69, 9.17) is 5.73 Å². The normalized spacial score (nSPS) is 14.6. The summed E-state index contributed by atoms with van der Waals surface area (Å²) in [5.74, 6) is 1.14. The van der Waals surface area contributed by atoms with E-state index in [2.05, 4.69) is 15.3 Å². The van der Waals surface area contributed by atoms with Crippen molar-refractivity contribution in [3.8, 4) is 0 Å². The Labute approximate surface area is 93.5 Å². The Hall–Kier alpha value is -1.01. The number of aromatic nitrogens is 2. The van der Waals surface area contributed by atoms with Crippen molar-refractivity contribution in [3.05, 3.63) is 12.4 Å². The largest absolute Gasteiger partial charge is 0.396 e. The van der Waals surface area contributed by atoms with Crippen LogP contribution in [0.2, 0.25) is 0 Å². The SMILES string of the molecule is CSCC(C)(O)CNc1ncc(N)cn1. The van der Waals surface area contributed by atoms with E-state index in [1.807, 2.05) is 6.26 Å². The fourth-order valence-electron chi connectivity index (χ4n) is 1.06. The average Bonchev–Trinajstić information content (AvgIpc) is 2.17. The molecule has 15 heavy (non-hydrogen) atoms. The van der Waals surface area contributed by atoms with Gasteiger partial charge in [-0.3, -0.25) is 0 Å². The Kier molecular flexibility index (Phi) is 4.16. The second-order valence-corrected chi connectivity index (χ2v) is 4.49. The first-order valence-electron chi connectivity index (χ1n) is 4.56. The first-order chi connectivity index (χ1) is 7.03. The summed E-state index contributed by atoms with van der Waals surface area (Å²) in [5, 5.41) is 12.8. The Balaban J connectivity index is 2.46. The Morgan fingerprint density at radius 2 is 2.13 bits per heavy atom. The van der Waals surface area contributed by atoms with Crippen LogP contribution in [0.1, 0.15) is 6.92 Å². The second-order valence-electron chi connectivity index (χ2n) is 3.62. The van der Waals surface area contributed by atoms with Crippen molar-refractivity contribution in [1.82, 2.24) is 9.97 Å². The topological polar surface area (TPSA) is 84.1 Å². The van der Waals surface area contributed by atoms with E-state index in [1.165, 1.54) is 12.4 Å². The molecule has 0 aromatic carbocycles. The number of rotatable bonds is 5. The predicted octanol–water partition coefficient (Wildman–Crippen LogP) is 0.585. The molecule has 5 nitrogen and oxygen atoms in total. The van der Waals surface area contributed by atoms with Gasteiger partial charge in [0.05, 0.1) is 23.7 Å². The maximum atomic E-state index is 9.87. The van der Waals surface area contributed by atoms with Crippen LogP contribution in [-0.2, 0) is 0 Å². The van der Waals surface area contributed by atoms with Crippen molar-refractivity contribution >= 4 is 23.4 Å². The quantitative estimate of drug-likeness (QED) is 0.684. The number of hydrogen-bond donors (Lipinski definition) is 3. The van der Waals surface area contributed by atoms with Gasteiger partial charge in [-0.2, -0.15) is 11.8 Å². The maximum absolute atomic E-state index is 9.87. The van der Waals surface area contributed by atoms with Crippen molar-refractivity contribution in [2.75, 3.05) is 29.6 Å². The minimum atomic E-state index is -0.760. The molecule has 0 amide bonds. The van der Waals surface area contributed by atoms with Crippen molar-refractivity contribution in [2.24, 2.45) is 0 Å². The summed E-state index contributed by atoms with van der Waals surface area (Å²) in [6.07, 6.45) is 5.01. The van der Waals surface area contributed by atoms with Gasteiger partial charge in [0.15, 0.2) is 0 Å². The van der Waals surface area contributed by atoms with Crippen molar-refractivity contribution in [3.63, 3.8) is 0 Å².